The largest absolute Gasteiger partial charge is 0.618 e. The number of hydrogen-bond donors (Lipinski definition) is 1. The molecule has 0 saturated carbocycles. The van der Waals surface area contributed by atoms with Gasteiger partial charge in [-0.2, -0.15) is 0 Å². The Morgan fingerprint density at radius 2 is 1.93 bits per heavy atom. The molecule has 1 aromatic rings. The van der Waals surface area contributed by atoms with E-state index in [1.165, 1.54) is 0 Å². The number of rotatable bonds is 3. The summed E-state index contributed by atoms with van der Waals surface area (Å²) in [5, 5.41) is 0. The zero-order valence-corrected chi connectivity index (χ0v) is 11.6. The average Bonchev–Trinajstić information content (AvgIpc) is 2.29. The van der Waals surface area contributed by atoms with Gasteiger partial charge in [-0.15, -0.1) is 0 Å². The molecule has 0 unspecified atom stereocenters. The molecule has 1 aromatic carbocycles. The normalized spacial score (nSPS) is 8.33. The van der Waals surface area contributed by atoms with Crippen molar-refractivity contribution in [2.45, 2.75) is 6.54 Å². The van der Waals surface area contributed by atoms with Gasteiger partial charge in [0.2, 0.25) is 0 Å². The van der Waals surface area contributed by atoms with E-state index in [0.29, 0.717) is 12.3 Å². The Labute approximate surface area is 107 Å². The van der Waals surface area contributed by atoms with Crippen molar-refractivity contribution < 1.29 is 9.47 Å². The molecule has 6 heteroatoms. The van der Waals surface area contributed by atoms with E-state index in [1.54, 1.807) is 20.3 Å². The van der Waals surface area contributed by atoms with Gasteiger partial charge in [0.25, 0.3) is 0 Å². The van der Waals surface area contributed by atoms with Crippen LogP contribution >= 0.6 is 18.1 Å². The minimum atomic E-state index is -0.639. The molecule has 1 radical (unpaired) electrons. The zero-order chi connectivity index (χ0) is 11.7. The molecule has 15 heavy (non-hydrogen) atoms. The molecule has 0 fully saturated rings. The third kappa shape index (κ3) is 6.32. The number of methoxy groups -OCH3 is 2. The third-order valence-electron chi connectivity index (χ3n) is 1.55. The number of nitrogens with two attached hydrogens (primary N) is 1. The van der Waals surface area contributed by atoms with E-state index < -0.39 is 18.2 Å². The van der Waals surface area contributed by atoms with E-state index in [2.05, 4.69) is 6.07 Å². The molecule has 0 spiro atoms. The van der Waals surface area contributed by atoms with Gasteiger partial charge in [-0.25, -0.2) is 0 Å². The molecular weight excluding hydrogens is 249 g/mol. The molecule has 0 aliphatic rings. The van der Waals surface area contributed by atoms with Gasteiger partial charge in [-0.1, -0.05) is 0 Å². The van der Waals surface area contributed by atoms with Crippen LogP contribution in [0.25, 0.3) is 0 Å². The second kappa shape index (κ2) is 9.36. The van der Waals surface area contributed by atoms with Crippen molar-refractivity contribution in [3.8, 4) is 11.5 Å². The number of ether oxygens (including phenoxy) is 2. The summed E-state index contributed by atoms with van der Waals surface area (Å²) < 4.78 is 10.1. The molecule has 0 amide bonds. The Balaban J connectivity index is 0.000000583. The van der Waals surface area contributed by atoms with Crippen LogP contribution in [0.1, 0.15) is 5.56 Å². The van der Waals surface area contributed by atoms with Gasteiger partial charge in [0, 0.05) is 18.7 Å². The fourth-order valence-electron chi connectivity index (χ4n) is 0.911. The fraction of sp³-hybridized carbons (Fsp3) is 0.333. The predicted octanol–water partition coefficient (Wildman–Crippen LogP) is 1.96. The van der Waals surface area contributed by atoms with Crippen LogP contribution in [0.4, 0.5) is 0 Å². The van der Waals surface area contributed by atoms with Crippen LogP contribution in [0.15, 0.2) is 12.1 Å². The van der Waals surface area contributed by atoms with Crippen LogP contribution in [-0.4, -0.2) is 32.4 Å². The summed E-state index contributed by atoms with van der Waals surface area (Å²) >= 11 is -0.639. The molecule has 0 aliphatic carbocycles. The summed E-state index contributed by atoms with van der Waals surface area (Å²) in [6.07, 6.45) is 0. The highest BCUT2D eigenvalue weighted by atomic mass is 35.6. The molecular formula is C9H12Cl2MgNO2. The van der Waals surface area contributed by atoms with Gasteiger partial charge in [0.05, 0.1) is 14.2 Å². The summed E-state index contributed by atoms with van der Waals surface area (Å²) in [5.41, 5.74) is 6.34. The van der Waals surface area contributed by atoms with Crippen LogP contribution in [0, 0.1) is 6.07 Å². The number of hydrogen-bond acceptors (Lipinski definition) is 3. The van der Waals surface area contributed by atoms with Crippen molar-refractivity contribution in [2.24, 2.45) is 5.73 Å². The van der Waals surface area contributed by atoms with Crippen molar-refractivity contribution in [3.05, 3.63) is 23.8 Å². The van der Waals surface area contributed by atoms with E-state index >= 15 is 0 Å². The van der Waals surface area contributed by atoms with Crippen LogP contribution in [0.3, 0.4) is 0 Å². The molecule has 0 atom stereocenters. The molecule has 2 N–H and O–H groups in total. The highest BCUT2D eigenvalue weighted by Crippen LogP contribution is 2.21. The van der Waals surface area contributed by atoms with Gasteiger partial charge in [-0.3, -0.25) is 0 Å². The molecule has 0 saturated heterocycles. The topological polar surface area (TPSA) is 44.5 Å². The third-order valence-corrected chi connectivity index (χ3v) is 1.55. The number of halogens is 2. The first-order chi connectivity index (χ1) is 7.21. The Morgan fingerprint density at radius 1 is 1.33 bits per heavy atom. The minimum Gasteiger partial charge on any atom is -0.497 e. The van der Waals surface area contributed by atoms with Gasteiger partial charge < -0.3 is 33.4 Å². The summed E-state index contributed by atoms with van der Waals surface area (Å²) in [6.45, 7) is 0.438. The van der Waals surface area contributed by atoms with Crippen LogP contribution in [0.5, 0.6) is 11.5 Å². The first-order valence-electron chi connectivity index (χ1n) is 4.18. The lowest BCUT2D eigenvalue weighted by Gasteiger charge is -2.05. The number of benzene rings is 1. The van der Waals surface area contributed by atoms with Gasteiger partial charge >= 0.3 is 18.2 Å². The maximum Gasteiger partial charge on any atom is 0.618 e. The standard InChI is InChI=1S/C9H12NO2.2ClH.Mg/c1-11-8-3-7(6-10)4-9(5-8)12-2;;;/h3,5H,6,10H2,1-2H3;2*1H;/q;;;+2/p-2. The second-order valence-electron chi connectivity index (χ2n) is 2.42. The second-order valence-corrected chi connectivity index (χ2v) is 5.05. The van der Waals surface area contributed by atoms with E-state index in [1.807, 2.05) is 6.07 Å². The molecule has 0 heterocycles. The van der Waals surface area contributed by atoms with E-state index in [4.69, 9.17) is 33.4 Å². The maximum atomic E-state index is 5.45. The van der Waals surface area contributed by atoms with Crippen LogP contribution in [-0.2, 0) is 6.54 Å². The van der Waals surface area contributed by atoms with Crippen LogP contribution in [0.2, 0.25) is 0 Å². The van der Waals surface area contributed by atoms with Crippen LogP contribution < -0.4 is 15.2 Å². The van der Waals surface area contributed by atoms with Crippen molar-refractivity contribution in [1.29, 1.82) is 0 Å². The maximum absolute atomic E-state index is 5.45. The van der Waals surface area contributed by atoms with Crippen molar-refractivity contribution in [2.75, 3.05) is 14.2 Å². The summed E-state index contributed by atoms with van der Waals surface area (Å²) in [6, 6.07) is 6.59. The monoisotopic (exact) mass is 260 g/mol. The first kappa shape index (κ1) is 15.1. The first-order valence-corrected chi connectivity index (χ1v) is 8.45. The Kier molecular flexibility index (Phi) is 9.44. The van der Waals surface area contributed by atoms with Gasteiger partial charge in [-0.05, 0) is 11.6 Å². The van der Waals surface area contributed by atoms with Crippen molar-refractivity contribution in [3.63, 3.8) is 0 Å². The molecule has 3 nitrogen and oxygen atoms in total. The predicted molar refractivity (Wildman–Crippen MR) is 63.7 cm³/mol. The molecule has 0 bridgehead atoms. The lowest BCUT2D eigenvalue weighted by molar-refractivity contribution is 0.393. The van der Waals surface area contributed by atoms with Crippen molar-refractivity contribution in [1.82, 2.24) is 0 Å². The Hall–Kier alpha value is 0.126. The molecule has 1 rings (SSSR count). The highest BCUT2D eigenvalue weighted by Gasteiger charge is 1.99. The smallest absolute Gasteiger partial charge is 0.497 e. The Bertz CT molecular complexity index is 232. The minimum absolute atomic E-state index is 0.438. The van der Waals surface area contributed by atoms with Crippen molar-refractivity contribution >= 4 is 36.3 Å². The van der Waals surface area contributed by atoms with E-state index in [0.717, 1.165) is 11.3 Å². The quantitative estimate of drug-likeness (QED) is 0.846. The van der Waals surface area contributed by atoms with Gasteiger partial charge in [0.15, 0.2) is 0 Å². The molecule has 0 aromatic heterocycles. The van der Waals surface area contributed by atoms with E-state index in [-0.39, 0.29) is 0 Å². The SMILES string of the molecule is COc1[c]c(CN)cc(OC)c1.[Cl][Mg][Cl]. The summed E-state index contributed by atoms with van der Waals surface area (Å²) in [4.78, 5) is 0. The lowest BCUT2D eigenvalue weighted by Crippen LogP contribution is -1.98. The Morgan fingerprint density at radius 3 is 2.33 bits per heavy atom. The summed E-state index contributed by atoms with van der Waals surface area (Å²) in [7, 11) is 13.0. The fourth-order valence-corrected chi connectivity index (χ4v) is 0.911. The average molecular weight is 261 g/mol. The zero-order valence-electron chi connectivity index (χ0n) is 8.72. The molecule has 0 aliphatic heterocycles. The summed E-state index contributed by atoms with van der Waals surface area (Å²) in [5.74, 6) is 1.39. The lowest BCUT2D eigenvalue weighted by atomic mass is 10.2. The van der Waals surface area contributed by atoms with Gasteiger partial charge in [0.1, 0.15) is 11.5 Å². The molecule has 81 valence electrons. The van der Waals surface area contributed by atoms with E-state index in [9.17, 15) is 0 Å². The highest BCUT2D eigenvalue weighted by molar-refractivity contribution is 7.22.